The zero-order valence-electron chi connectivity index (χ0n) is 13.5. The zero-order valence-corrected chi connectivity index (χ0v) is 13.5. The topological polar surface area (TPSA) is 69.9 Å². The number of carbonyl (C=O) groups excluding carboxylic acids is 1. The van der Waals surface area contributed by atoms with Crippen LogP contribution in [0.25, 0.3) is 11.0 Å². The lowest BCUT2D eigenvalue weighted by Gasteiger charge is -2.10. The van der Waals surface area contributed by atoms with Gasteiger partial charge in [0.05, 0.1) is 17.8 Å². The molecule has 0 radical (unpaired) electrons. The first kappa shape index (κ1) is 14.8. The Balaban J connectivity index is 1.54. The Morgan fingerprint density at radius 1 is 1.33 bits per heavy atom. The van der Waals surface area contributed by atoms with Crippen LogP contribution in [0.4, 0.5) is 0 Å². The number of ether oxygens (including phenoxy) is 1. The molecule has 0 bridgehead atoms. The van der Waals surface area contributed by atoms with Crippen LogP contribution in [0.3, 0.4) is 0 Å². The zero-order chi connectivity index (χ0) is 16.5. The number of hydrogen-bond acceptors (Lipinski definition) is 5. The molecular formula is C18H18N4O2. The Hall–Kier alpha value is -2.76. The Morgan fingerprint density at radius 3 is 2.96 bits per heavy atom. The minimum atomic E-state index is -0.312. The van der Waals surface area contributed by atoms with E-state index in [1.165, 1.54) is 0 Å². The molecule has 0 amide bonds. The second kappa shape index (κ2) is 6.03. The van der Waals surface area contributed by atoms with Crippen LogP contribution in [0.15, 0.2) is 36.8 Å². The SMILES string of the molecule is Cc1nccn1CCOC(=O)c1cc2cccnc2nc1C1CC1. The highest BCUT2D eigenvalue weighted by Gasteiger charge is 2.30. The van der Waals surface area contributed by atoms with E-state index in [-0.39, 0.29) is 5.97 Å². The van der Waals surface area contributed by atoms with Crippen LogP contribution in [0.5, 0.6) is 0 Å². The van der Waals surface area contributed by atoms with Crippen LogP contribution in [0, 0.1) is 6.92 Å². The van der Waals surface area contributed by atoms with Crippen LogP contribution in [-0.4, -0.2) is 32.1 Å². The van der Waals surface area contributed by atoms with Gasteiger partial charge in [-0.1, -0.05) is 0 Å². The highest BCUT2D eigenvalue weighted by molar-refractivity contribution is 5.94. The molecule has 3 aromatic heterocycles. The molecule has 0 aliphatic heterocycles. The van der Waals surface area contributed by atoms with E-state index in [9.17, 15) is 4.79 Å². The van der Waals surface area contributed by atoms with Gasteiger partial charge in [-0.25, -0.2) is 19.7 Å². The van der Waals surface area contributed by atoms with Gasteiger partial charge in [-0.2, -0.15) is 0 Å². The fourth-order valence-corrected chi connectivity index (χ4v) is 2.81. The normalized spacial score (nSPS) is 14.0. The Kier molecular flexibility index (Phi) is 3.72. The van der Waals surface area contributed by atoms with Gasteiger partial charge in [0.2, 0.25) is 0 Å². The lowest BCUT2D eigenvalue weighted by atomic mass is 10.1. The molecule has 3 heterocycles. The molecule has 0 unspecified atom stereocenters. The predicted octanol–water partition coefficient (Wildman–Crippen LogP) is 2.87. The molecule has 0 N–H and O–H groups in total. The summed E-state index contributed by atoms with van der Waals surface area (Å²) in [5, 5.41) is 0.860. The fourth-order valence-electron chi connectivity index (χ4n) is 2.81. The molecule has 122 valence electrons. The third-order valence-corrected chi connectivity index (χ3v) is 4.29. The van der Waals surface area contributed by atoms with Gasteiger partial charge < -0.3 is 9.30 Å². The van der Waals surface area contributed by atoms with Crippen LogP contribution in [-0.2, 0) is 11.3 Å². The van der Waals surface area contributed by atoms with Crippen molar-refractivity contribution in [3.05, 3.63) is 53.9 Å². The summed E-state index contributed by atoms with van der Waals surface area (Å²) in [7, 11) is 0. The molecule has 0 atom stereocenters. The van der Waals surface area contributed by atoms with Crippen molar-refractivity contribution in [2.24, 2.45) is 0 Å². The van der Waals surface area contributed by atoms with Crippen molar-refractivity contribution in [2.45, 2.75) is 32.2 Å². The first-order valence-corrected chi connectivity index (χ1v) is 8.13. The summed E-state index contributed by atoms with van der Waals surface area (Å²) in [6.45, 7) is 2.83. The third kappa shape index (κ3) is 2.87. The van der Waals surface area contributed by atoms with E-state index in [1.807, 2.05) is 35.9 Å². The number of pyridine rings is 2. The van der Waals surface area contributed by atoms with E-state index in [0.29, 0.717) is 30.3 Å². The van der Waals surface area contributed by atoms with Gasteiger partial charge in [0.25, 0.3) is 0 Å². The second-order valence-corrected chi connectivity index (χ2v) is 6.05. The summed E-state index contributed by atoms with van der Waals surface area (Å²) in [5.74, 6) is 0.950. The summed E-state index contributed by atoms with van der Waals surface area (Å²) in [4.78, 5) is 25.6. The quantitative estimate of drug-likeness (QED) is 0.676. The van der Waals surface area contributed by atoms with Crippen molar-refractivity contribution in [3.63, 3.8) is 0 Å². The minimum Gasteiger partial charge on any atom is -0.460 e. The van der Waals surface area contributed by atoms with Crippen molar-refractivity contribution in [1.82, 2.24) is 19.5 Å². The van der Waals surface area contributed by atoms with Gasteiger partial charge in [0, 0.05) is 29.9 Å². The minimum absolute atomic E-state index is 0.311. The van der Waals surface area contributed by atoms with E-state index in [4.69, 9.17) is 4.74 Å². The molecule has 4 rings (SSSR count). The molecule has 0 spiro atoms. The van der Waals surface area contributed by atoms with Crippen molar-refractivity contribution in [2.75, 3.05) is 6.61 Å². The smallest absolute Gasteiger partial charge is 0.340 e. The van der Waals surface area contributed by atoms with Gasteiger partial charge in [-0.15, -0.1) is 0 Å². The van der Waals surface area contributed by atoms with E-state index < -0.39 is 0 Å². The van der Waals surface area contributed by atoms with Crippen LogP contribution < -0.4 is 0 Å². The van der Waals surface area contributed by atoms with Gasteiger partial charge in [0.1, 0.15) is 12.4 Å². The average molecular weight is 322 g/mol. The van der Waals surface area contributed by atoms with Gasteiger partial charge in [-0.3, -0.25) is 0 Å². The predicted molar refractivity (Wildman–Crippen MR) is 88.8 cm³/mol. The Bertz CT molecular complexity index is 899. The van der Waals surface area contributed by atoms with Crippen molar-refractivity contribution in [1.29, 1.82) is 0 Å². The standard InChI is InChI=1S/C18H18N4O2/c1-12-19-7-8-22(12)9-10-24-18(23)15-11-14-3-2-6-20-17(14)21-16(15)13-4-5-13/h2-3,6-8,11,13H,4-5,9-10H2,1H3. The Labute approximate surface area is 139 Å². The number of fused-ring (bicyclic) bond motifs is 1. The lowest BCUT2D eigenvalue weighted by Crippen LogP contribution is -2.14. The molecule has 1 aliphatic carbocycles. The fraction of sp³-hybridized carbons (Fsp3) is 0.333. The number of aromatic nitrogens is 4. The molecule has 1 fully saturated rings. The molecule has 6 heteroatoms. The summed E-state index contributed by atoms with van der Waals surface area (Å²) in [6, 6.07) is 5.61. The van der Waals surface area contributed by atoms with Crippen molar-refractivity contribution >= 4 is 17.0 Å². The van der Waals surface area contributed by atoms with E-state index >= 15 is 0 Å². The van der Waals surface area contributed by atoms with Gasteiger partial charge in [-0.05, 0) is 38.0 Å². The Morgan fingerprint density at radius 2 is 2.21 bits per heavy atom. The summed E-state index contributed by atoms with van der Waals surface area (Å²) < 4.78 is 7.43. The molecule has 0 aromatic carbocycles. The maximum atomic E-state index is 12.5. The molecular weight excluding hydrogens is 304 g/mol. The number of imidazole rings is 1. The molecule has 0 saturated heterocycles. The van der Waals surface area contributed by atoms with Gasteiger partial charge in [0.15, 0.2) is 5.65 Å². The third-order valence-electron chi connectivity index (χ3n) is 4.29. The number of nitrogens with zero attached hydrogens (tertiary/aromatic N) is 4. The summed E-state index contributed by atoms with van der Waals surface area (Å²) in [5.41, 5.74) is 2.08. The first-order valence-electron chi connectivity index (χ1n) is 8.13. The molecule has 1 saturated carbocycles. The number of carbonyl (C=O) groups is 1. The summed E-state index contributed by atoms with van der Waals surface area (Å²) in [6.07, 6.45) is 7.47. The number of hydrogen-bond donors (Lipinski definition) is 0. The number of esters is 1. The monoisotopic (exact) mass is 322 g/mol. The highest BCUT2D eigenvalue weighted by atomic mass is 16.5. The van der Waals surface area contributed by atoms with Crippen molar-refractivity contribution < 1.29 is 9.53 Å². The van der Waals surface area contributed by atoms with E-state index in [0.717, 1.165) is 29.7 Å². The van der Waals surface area contributed by atoms with Crippen LogP contribution >= 0.6 is 0 Å². The largest absolute Gasteiger partial charge is 0.460 e. The van der Waals surface area contributed by atoms with E-state index in [2.05, 4.69) is 15.0 Å². The molecule has 6 nitrogen and oxygen atoms in total. The maximum absolute atomic E-state index is 12.5. The molecule has 24 heavy (non-hydrogen) atoms. The number of aryl methyl sites for hydroxylation is 1. The average Bonchev–Trinajstić information content (AvgIpc) is 3.37. The van der Waals surface area contributed by atoms with E-state index in [1.54, 1.807) is 12.4 Å². The highest BCUT2D eigenvalue weighted by Crippen LogP contribution is 2.41. The van der Waals surface area contributed by atoms with Gasteiger partial charge >= 0.3 is 5.97 Å². The maximum Gasteiger partial charge on any atom is 0.340 e. The van der Waals surface area contributed by atoms with Crippen molar-refractivity contribution in [3.8, 4) is 0 Å². The molecule has 3 aromatic rings. The number of rotatable bonds is 5. The first-order chi connectivity index (χ1) is 11.7. The second-order valence-electron chi connectivity index (χ2n) is 6.05. The van der Waals surface area contributed by atoms with Crippen LogP contribution in [0.2, 0.25) is 0 Å². The summed E-state index contributed by atoms with van der Waals surface area (Å²) >= 11 is 0. The molecule has 1 aliphatic rings. The lowest BCUT2D eigenvalue weighted by molar-refractivity contribution is 0.0489. The van der Waals surface area contributed by atoms with Crippen LogP contribution in [0.1, 0.15) is 40.6 Å².